The van der Waals surface area contributed by atoms with Crippen molar-refractivity contribution in [1.29, 1.82) is 0 Å². The predicted molar refractivity (Wildman–Crippen MR) is 178 cm³/mol. The molecule has 3 amide bonds. The van der Waals surface area contributed by atoms with Crippen LogP contribution in [0, 0.1) is 0 Å². The Hall–Kier alpha value is -4.33. The lowest BCUT2D eigenvalue weighted by molar-refractivity contribution is 0.0452. The third kappa shape index (κ3) is 7.54. The van der Waals surface area contributed by atoms with Gasteiger partial charge in [-0.2, -0.15) is 15.0 Å². The molecular formula is C33H43N9O4. The molecule has 3 aromatic rings. The van der Waals surface area contributed by atoms with Gasteiger partial charge in [-0.25, -0.2) is 4.79 Å². The van der Waals surface area contributed by atoms with Crippen LogP contribution >= 0.6 is 0 Å². The summed E-state index contributed by atoms with van der Waals surface area (Å²) in [7, 11) is 5.73. The molecule has 2 bridgehead atoms. The standard InChI is InChI=1S/C33H43N9O4/c1-39(2)15-16-40(3)30(43)24-9-13-26(14-10-24)35-33(44)34-25-11-7-23(8-12-25)29-36-31(41-17-19-45-20-18-41)38-32(37-29)42-27-5-4-6-28(42)22-46-21-27/h7-14,27-28H,4-6,15-22H2,1-3H3,(H2,34,35,44). The Morgan fingerprint density at radius 3 is 2.04 bits per heavy atom. The number of amides is 3. The number of nitrogens with zero attached hydrogens (tertiary/aromatic N) is 7. The highest BCUT2D eigenvalue weighted by Crippen LogP contribution is 2.33. The zero-order valence-corrected chi connectivity index (χ0v) is 26.8. The van der Waals surface area contributed by atoms with Crippen LogP contribution in [0.15, 0.2) is 48.5 Å². The van der Waals surface area contributed by atoms with E-state index in [4.69, 9.17) is 24.4 Å². The van der Waals surface area contributed by atoms with Crippen molar-refractivity contribution in [3.8, 4) is 11.4 Å². The molecule has 244 valence electrons. The summed E-state index contributed by atoms with van der Waals surface area (Å²) in [5, 5.41) is 5.71. The molecule has 0 spiro atoms. The van der Waals surface area contributed by atoms with E-state index in [1.54, 1.807) is 36.2 Å². The number of benzene rings is 2. The Morgan fingerprint density at radius 1 is 0.804 bits per heavy atom. The van der Waals surface area contributed by atoms with Crippen molar-refractivity contribution >= 4 is 35.2 Å². The van der Waals surface area contributed by atoms with E-state index in [-0.39, 0.29) is 24.0 Å². The second kappa shape index (κ2) is 14.4. The average molecular weight is 630 g/mol. The van der Waals surface area contributed by atoms with Crippen LogP contribution in [0.3, 0.4) is 0 Å². The number of likely N-dealkylation sites (N-methyl/N-ethyl adjacent to an activating group) is 2. The first-order chi connectivity index (χ1) is 22.3. The van der Waals surface area contributed by atoms with E-state index in [0.29, 0.717) is 67.6 Å². The molecule has 13 nitrogen and oxygen atoms in total. The van der Waals surface area contributed by atoms with Crippen LogP contribution < -0.4 is 20.4 Å². The van der Waals surface area contributed by atoms with Gasteiger partial charge in [0, 0.05) is 55.7 Å². The fraction of sp³-hybridized carbons (Fsp3) is 0.485. The van der Waals surface area contributed by atoms with E-state index in [9.17, 15) is 9.59 Å². The van der Waals surface area contributed by atoms with Gasteiger partial charge in [0.1, 0.15) is 0 Å². The molecule has 0 aliphatic carbocycles. The Bertz CT molecular complexity index is 1470. The number of fused-ring (bicyclic) bond motifs is 2. The molecule has 2 aromatic carbocycles. The van der Waals surface area contributed by atoms with Gasteiger partial charge in [-0.15, -0.1) is 0 Å². The minimum atomic E-state index is -0.383. The first kappa shape index (κ1) is 31.6. The quantitative estimate of drug-likeness (QED) is 0.364. The first-order valence-electron chi connectivity index (χ1n) is 16.0. The fourth-order valence-electron chi connectivity index (χ4n) is 6.03. The zero-order valence-electron chi connectivity index (χ0n) is 26.8. The Balaban J connectivity index is 1.13. The Morgan fingerprint density at radius 2 is 1.41 bits per heavy atom. The summed E-state index contributed by atoms with van der Waals surface area (Å²) >= 11 is 0. The lowest BCUT2D eigenvalue weighted by Crippen LogP contribution is -2.56. The summed E-state index contributed by atoms with van der Waals surface area (Å²) in [6.45, 7) is 5.51. The molecule has 3 saturated heterocycles. The van der Waals surface area contributed by atoms with Crippen molar-refractivity contribution in [3.63, 3.8) is 0 Å². The number of urea groups is 1. The largest absolute Gasteiger partial charge is 0.378 e. The van der Waals surface area contributed by atoms with Crippen molar-refractivity contribution < 1.29 is 19.1 Å². The lowest BCUT2D eigenvalue weighted by atomic mass is 9.95. The van der Waals surface area contributed by atoms with Crippen LogP contribution in [0.4, 0.5) is 28.1 Å². The van der Waals surface area contributed by atoms with Crippen molar-refractivity contribution in [1.82, 2.24) is 24.8 Å². The van der Waals surface area contributed by atoms with Crippen molar-refractivity contribution in [2.45, 2.75) is 31.3 Å². The zero-order chi connectivity index (χ0) is 32.0. The van der Waals surface area contributed by atoms with E-state index < -0.39 is 0 Å². The second-order valence-corrected chi connectivity index (χ2v) is 12.3. The molecule has 3 aliphatic heterocycles. The van der Waals surface area contributed by atoms with E-state index in [2.05, 4.69) is 20.4 Å². The minimum absolute atomic E-state index is 0.0619. The summed E-state index contributed by atoms with van der Waals surface area (Å²) in [4.78, 5) is 48.5. The van der Waals surface area contributed by atoms with Gasteiger partial charge in [-0.1, -0.05) is 0 Å². The molecule has 6 rings (SSSR count). The van der Waals surface area contributed by atoms with Crippen LogP contribution in [0.25, 0.3) is 11.4 Å². The average Bonchev–Trinajstić information content (AvgIpc) is 3.07. The molecule has 46 heavy (non-hydrogen) atoms. The highest BCUT2D eigenvalue weighted by Gasteiger charge is 2.37. The van der Waals surface area contributed by atoms with Gasteiger partial charge in [0.15, 0.2) is 5.82 Å². The maximum absolute atomic E-state index is 12.8. The molecule has 4 heterocycles. The molecule has 3 aliphatic rings. The summed E-state index contributed by atoms with van der Waals surface area (Å²) in [6, 6.07) is 14.5. The van der Waals surface area contributed by atoms with Crippen LogP contribution in [0.2, 0.25) is 0 Å². The number of ether oxygens (including phenoxy) is 2. The van der Waals surface area contributed by atoms with Gasteiger partial charge in [0.2, 0.25) is 11.9 Å². The number of hydrogen-bond acceptors (Lipinski definition) is 10. The summed E-state index contributed by atoms with van der Waals surface area (Å²) in [5.41, 5.74) is 2.61. The number of piperidine rings is 1. The molecule has 3 fully saturated rings. The number of carbonyl (C=O) groups excluding carboxylic acids is 2. The molecule has 2 unspecified atom stereocenters. The van der Waals surface area contributed by atoms with E-state index in [0.717, 1.165) is 38.0 Å². The molecule has 0 saturated carbocycles. The number of aromatic nitrogens is 3. The lowest BCUT2D eigenvalue weighted by Gasteiger charge is -2.45. The minimum Gasteiger partial charge on any atom is -0.378 e. The number of carbonyl (C=O) groups is 2. The van der Waals surface area contributed by atoms with Crippen LogP contribution in [-0.2, 0) is 9.47 Å². The smallest absolute Gasteiger partial charge is 0.323 e. The fourth-order valence-corrected chi connectivity index (χ4v) is 6.03. The molecule has 2 atom stereocenters. The molecule has 2 N–H and O–H groups in total. The number of morpholine rings is 2. The van der Waals surface area contributed by atoms with Gasteiger partial charge >= 0.3 is 6.03 Å². The van der Waals surface area contributed by atoms with Gasteiger partial charge < -0.3 is 39.7 Å². The second-order valence-electron chi connectivity index (χ2n) is 12.3. The number of nitrogens with one attached hydrogen (secondary N) is 2. The summed E-state index contributed by atoms with van der Waals surface area (Å²) in [6.07, 6.45) is 3.30. The van der Waals surface area contributed by atoms with E-state index >= 15 is 0 Å². The number of rotatable bonds is 9. The molecule has 1 aromatic heterocycles. The van der Waals surface area contributed by atoms with Gasteiger partial charge in [0.25, 0.3) is 5.91 Å². The van der Waals surface area contributed by atoms with Crippen molar-refractivity contribution in [2.24, 2.45) is 0 Å². The summed E-state index contributed by atoms with van der Waals surface area (Å²) in [5.74, 6) is 1.88. The maximum Gasteiger partial charge on any atom is 0.323 e. The normalized spacial score (nSPS) is 19.6. The predicted octanol–water partition coefficient (Wildman–Crippen LogP) is 3.41. The van der Waals surface area contributed by atoms with Crippen molar-refractivity contribution in [3.05, 3.63) is 54.1 Å². The molecule has 13 heteroatoms. The Kier molecular flexibility index (Phi) is 9.91. The Labute approximate surface area is 269 Å². The molecular weight excluding hydrogens is 586 g/mol. The topological polar surface area (TPSA) is 128 Å². The highest BCUT2D eigenvalue weighted by atomic mass is 16.5. The van der Waals surface area contributed by atoms with Crippen LogP contribution in [0.1, 0.15) is 29.6 Å². The van der Waals surface area contributed by atoms with E-state index in [1.807, 2.05) is 43.3 Å². The summed E-state index contributed by atoms with van der Waals surface area (Å²) < 4.78 is 11.4. The molecule has 0 radical (unpaired) electrons. The van der Waals surface area contributed by atoms with Gasteiger partial charge in [-0.05, 0) is 81.9 Å². The SMILES string of the molecule is CN(C)CCN(C)C(=O)c1ccc(NC(=O)Nc2ccc(-c3nc(N4CCOCC4)nc(N4C5CCCC4COC5)n3)cc2)cc1. The van der Waals surface area contributed by atoms with Crippen LogP contribution in [0.5, 0.6) is 0 Å². The monoisotopic (exact) mass is 629 g/mol. The van der Waals surface area contributed by atoms with Gasteiger partial charge in [0.05, 0.1) is 38.5 Å². The highest BCUT2D eigenvalue weighted by molar-refractivity contribution is 6.00. The number of hydrogen-bond donors (Lipinski definition) is 2. The third-order valence-electron chi connectivity index (χ3n) is 8.64. The number of anilines is 4. The van der Waals surface area contributed by atoms with Crippen LogP contribution in [-0.4, -0.2) is 123 Å². The van der Waals surface area contributed by atoms with Gasteiger partial charge in [-0.3, -0.25) is 4.79 Å². The van der Waals surface area contributed by atoms with Crippen molar-refractivity contribution in [2.75, 3.05) is 94.2 Å². The van der Waals surface area contributed by atoms with E-state index in [1.165, 1.54) is 6.42 Å². The third-order valence-corrected chi connectivity index (χ3v) is 8.64. The maximum atomic E-state index is 12.8. The first-order valence-corrected chi connectivity index (χ1v) is 16.0.